The van der Waals surface area contributed by atoms with Crippen LogP contribution in [0.2, 0.25) is 0 Å². The van der Waals surface area contributed by atoms with Gasteiger partial charge in [-0.25, -0.2) is 9.59 Å². The molecule has 3 fully saturated rings. The second-order valence-corrected chi connectivity index (χ2v) is 10.5. The lowest BCUT2D eigenvalue weighted by atomic mass is 9.48. The number of hydrogen-bond donors (Lipinski definition) is 2. The molecule has 4 aliphatic carbocycles. The number of alkyl carbamates (subject to hydrolysis) is 1. The standard InChI is InChI=1S/C25H39N3O4/c1-5-26-22(29)31-17-11-13-24(3)16(15-17)7-8-18-19-9-10-21(28-32-23(30)27-6-2)25(19,4)14-12-20(18)24/h7,17-20H,5-6,8-15H2,1-4H3,(H,26,29)(H,27,30)/b28-21-/t17-,18-,19-,20-,24-,25-/m0/s1. The second-order valence-electron chi connectivity index (χ2n) is 10.5. The van der Waals surface area contributed by atoms with Gasteiger partial charge >= 0.3 is 12.2 Å². The summed E-state index contributed by atoms with van der Waals surface area (Å²) in [5, 5.41) is 9.72. The van der Waals surface area contributed by atoms with Crippen molar-refractivity contribution >= 4 is 17.9 Å². The molecule has 0 spiro atoms. The Morgan fingerprint density at radius 3 is 2.47 bits per heavy atom. The molecule has 6 atom stereocenters. The van der Waals surface area contributed by atoms with Crippen molar-refractivity contribution in [2.75, 3.05) is 13.1 Å². The molecule has 0 saturated heterocycles. The fourth-order valence-corrected chi connectivity index (χ4v) is 7.28. The lowest BCUT2D eigenvalue weighted by molar-refractivity contribution is -0.0239. The van der Waals surface area contributed by atoms with Gasteiger partial charge < -0.3 is 15.4 Å². The number of allylic oxidation sites excluding steroid dienone is 1. The molecular weight excluding hydrogens is 406 g/mol. The van der Waals surface area contributed by atoms with Gasteiger partial charge in [0.05, 0.1) is 5.71 Å². The third-order valence-corrected chi connectivity index (χ3v) is 8.95. The van der Waals surface area contributed by atoms with Crippen LogP contribution in [0, 0.1) is 28.6 Å². The largest absolute Gasteiger partial charge is 0.446 e. The molecule has 178 valence electrons. The average Bonchev–Trinajstić information content (AvgIpc) is 3.09. The van der Waals surface area contributed by atoms with E-state index in [1.54, 1.807) is 0 Å². The molecule has 32 heavy (non-hydrogen) atoms. The van der Waals surface area contributed by atoms with Crippen LogP contribution in [0.25, 0.3) is 0 Å². The van der Waals surface area contributed by atoms with Crippen molar-refractivity contribution in [1.29, 1.82) is 0 Å². The van der Waals surface area contributed by atoms with E-state index in [1.165, 1.54) is 12.0 Å². The van der Waals surface area contributed by atoms with Crippen LogP contribution in [0.4, 0.5) is 9.59 Å². The maximum atomic E-state index is 11.9. The Hall–Kier alpha value is -2.05. The van der Waals surface area contributed by atoms with E-state index in [2.05, 4.69) is 35.7 Å². The molecular formula is C25H39N3O4. The van der Waals surface area contributed by atoms with Crippen LogP contribution in [0.5, 0.6) is 0 Å². The van der Waals surface area contributed by atoms with Gasteiger partial charge in [0, 0.05) is 24.9 Å². The molecule has 0 heterocycles. The van der Waals surface area contributed by atoms with Crippen molar-refractivity contribution < 1.29 is 19.2 Å². The number of carbonyl (C=O) groups excluding carboxylic acids is 2. The minimum atomic E-state index is -0.468. The predicted octanol–water partition coefficient (Wildman–Crippen LogP) is 5.17. The first kappa shape index (κ1) is 23.1. The van der Waals surface area contributed by atoms with E-state index in [0.717, 1.165) is 50.7 Å². The summed E-state index contributed by atoms with van der Waals surface area (Å²) in [7, 11) is 0. The SMILES string of the molecule is CCNC(=O)O/N=C1/CC[C@H]2[C@@H]3CC=C4C[C@@H](OC(=O)NCC)CC[C@]4(C)[C@H]3CC[C@]12C. The fourth-order valence-electron chi connectivity index (χ4n) is 7.28. The van der Waals surface area contributed by atoms with E-state index in [4.69, 9.17) is 9.57 Å². The first-order valence-electron chi connectivity index (χ1n) is 12.5. The van der Waals surface area contributed by atoms with Crippen LogP contribution in [-0.4, -0.2) is 37.1 Å². The Morgan fingerprint density at radius 1 is 1.03 bits per heavy atom. The van der Waals surface area contributed by atoms with Crippen LogP contribution in [-0.2, 0) is 9.57 Å². The van der Waals surface area contributed by atoms with Gasteiger partial charge in [-0.3, -0.25) is 4.84 Å². The van der Waals surface area contributed by atoms with Crippen LogP contribution < -0.4 is 10.6 Å². The highest BCUT2D eigenvalue weighted by atomic mass is 16.7. The number of nitrogens with zero attached hydrogens (tertiary/aromatic N) is 1. The summed E-state index contributed by atoms with van der Waals surface area (Å²) in [6.07, 6.45) is 9.96. The zero-order valence-electron chi connectivity index (χ0n) is 20.0. The minimum absolute atomic E-state index is 0.0112. The van der Waals surface area contributed by atoms with E-state index in [9.17, 15) is 9.59 Å². The van der Waals surface area contributed by atoms with Crippen LogP contribution >= 0.6 is 0 Å². The number of carbonyl (C=O) groups is 2. The van der Waals surface area contributed by atoms with Crippen molar-refractivity contribution in [2.45, 2.75) is 85.2 Å². The average molecular weight is 446 g/mol. The number of hydrogen-bond acceptors (Lipinski definition) is 5. The van der Waals surface area contributed by atoms with Gasteiger partial charge in [0.15, 0.2) is 0 Å². The molecule has 7 nitrogen and oxygen atoms in total. The van der Waals surface area contributed by atoms with Gasteiger partial charge in [-0.1, -0.05) is 30.7 Å². The third kappa shape index (κ3) is 4.03. The van der Waals surface area contributed by atoms with Crippen LogP contribution in [0.15, 0.2) is 16.8 Å². The predicted molar refractivity (Wildman–Crippen MR) is 123 cm³/mol. The van der Waals surface area contributed by atoms with E-state index >= 15 is 0 Å². The lowest BCUT2D eigenvalue weighted by Gasteiger charge is -2.57. The van der Waals surface area contributed by atoms with Gasteiger partial charge in [-0.15, -0.1) is 0 Å². The Morgan fingerprint density at radius 2 is 1.72 bits per heavy atom. The van der Waals surface area contributed by atoms with Gasteiger partial charge in [0.25, 0.3) is 0 Å². The number of amides is 2. The zero-order chi connectivity index (χ0) is 22.9. The van der Waals surface area contributed by atoms with Crippen LogP contribution in [0.1, 0.15) is 79.1 Å². The molecule has 2 N–H and O–H groups in total. The highest BCUT2D eigenvalue weighted by Crippen LogP contribution is 2.64. The number of fused-ring (bicyclic) bond motifs is 5. The monoisotopic (exact) mass is 445 g/mol. The van der Waals surface area contributed by atoms with E-state index in [1.807, 2.05) is 13.8 Å². The molecule has 2 amide bonds. The number of oxime groups is 1. The molecule has 3 saturated carbocycles. The highest BCUT2D eigenvalue weighted by molar-refractivity contribution is 5.92. The van der Waals surface area contributed by atoms with Crippen molar-refractivity contribution in [1.82, 2.24) is 10.6 Å². The van der Waals surface area contributed by atoms with Gasteiger partial charge in [-0.05, 0) is 82.0 Å². The summed E-state index contributed by atoms with van der Waals surface area (Å²) < 4.78 is 5.67. The molecule has 0 aromatic heterocycles. The highest BCUT2D eigenvalue weighted by Gasteiger charge is 2.58. The van der Waals surface area contributed by atoms with Crippen molar-refractivity contribution in [3.05, 3.63) is 11.6 Å². The molecule has 0 bridgehead atoms. The van der Waals surface area contributed by atoms with Gasteiger partial charge in [0.2, 0.25) is 0 Å². The normalized spacial score (nSPS) is 39.2. The summed E-state index contributed by atoms with van der Waals surface area (Å²) in [5.74, 6) is 1.88. The van der Waals surface area contributed by atoms with E-state index < -0.39 is 6.09 Å². The smallest absolute Gasteiger partial charge is 0.433 e. The Bertz CT molecular complexity index is 809. The quantitative estimate of drug-likeness (QED) is 0.355. The molecule has 7 heteroatoms. The molecule has 0 aliphatic heterocycles. The third-order valence-electron chi connectivity index (χ3n) is 8.95. The maximum Gasteiger partial charge on any atom is 0.433 e. The zero-order valence-corrected chi connectivity index (χ0v) is 20.0. The Labute approximate surface area is 191 Å². The van der Waals surface area contributed by atoms with E-state index in [-0.39, 0.29) is 23.0 Å². The molecule has 4 aliphatic rings. The summed E-state index contributed by atoms with van der Waals surface area (Å²) in [6, 6.07) is 0. The summed E-state index contributed by atoms with van der Waals surface area (Å²) >= 11 is 0. The number of ether oxygens (including phenoxy) is 1. The summed E-state index contributed by atoms with van der Waals surface area (Å²) in [5.41, 5.74) is 2.77. The molecule has 0 unspecified atom stereocenters. The number of nitrogens with one attached hydrogen (secondary N) is 2. The molecule has 0 aromatic rings. The van der Waals surface area contributed by atoms with Crippen molar-refractivity contribution in [2.24, 2.45) is 33.7 Å². The molecule has 0 aromatic carbocycles. The van der Waals surface area contributed by atoms with Gasteiger partial charge in [0.1, 0.15) is 6.10 Å². The lowest BCUT2D eigenvalue weighted by Crippen LogP contribution is -2.50. The molecule has 4 rings (SSSR count). The number of rotatable bonds is 4. The van der Waals surface area contributed by atoms with Crippen molar-refractivity contribution in [3.8, 4) is 0 Å². The summed E-state index contributed by atoms with van der Waals surface area (Å²) in [6.45, 7) is 9.69. The molecule has 0 radical (unpaired) electrons. The first-order valence-corrected chi connectivity index (χ1v) is 12.5. The Kier molecular flexibility index (Phi) is 6.55. The maximum absolute atomic E-state index is 11.9. The van der Waals surface area contributed by atoms with Crippen molar-refractivity contribution in [3.63, 3.8) is 0 Å². The van der Waals surface area contributed by atoms with Crippen LogP contribution in [0.3, 0.4) is 0 Å². The fraction of sp³-hybridized carbons (Fsp3) is 0.800. The minimum Gasteiger partial charge on any atom is -0.446 e. The second kappa shape index (κ2) is 9.06. The first-order chi connectivity index (χ1) is 15.3. The topological polar surface area (TPSA) is 89.0 Å². The van der Waals surface area contributed by atoms with E-state index in [0.29, 0.717) is 30.8 Å². The summed E-state index contributed by atoms with van der Waals surface area (Å²) in [4.78, 5) is 28.8. The Balaban J connectivity index is 1.47. The van der Waals surface area contributed by atoms with Gasteiger partial charge in [-0.2, -0.15) is 0 Å².